The van der Waals surface area contributed by atoms with Crippen LogP contribution < -0.4 is 0 Å². The molecule has 0 nitrogen and oxygen atoms in total. The minimum absolute atomic E-state index is 0.178. The van der Waals surface area contributed by atoms with Gasteiger partial charge in [-0.2, -0.15) is 0 Å². The molecule has 2 aromatic rings. The standard InChI is InChI=1S/C8H7Cl.C6H5F.C2H4/c9-7-6-8-4-2-1-3-5-8;7-6-4-2-1-3-5-6;1-2/h1-7H;1-5H;1-2H2. The van der Waals surface area contributed by atoms with E-state index >= 15 is 0 Å². The summed E-state index contributed by atoms with van der Waals surface area (Å²) in [6.45, 7) is 6.00. The van der Waals surface area contributed by atoms with Gasteiger partial charge in [-0.25, -0.2) is 4.39 Å². The Kier molecular flexibility index (Phi) is 10.4. The normalized spacial score (nSPS) is 8.78. The van der Waals surface area contributed by atoms with Crippen LogP contribution in [0.1, 0.15) is 5.56 Å². The molecule has 0 amide bonds. The zero-order chi connectivity index (χ0) is 13.6. The van der Waals surface area contributed by atoms with Crippen molar-refractivity contribution in [2.45, 2.75) is 0 Å². The molecular weight excluding hydrogens is 247 g/mol. The lowest BCUT2D eigenvalue weighted by atomic mass is 10.2. The van der Waals surface area contributed by atoms with Crippen molar-refractivity contribution in [3.63, 3.8) is 0 Å². The van der Waals surface area contributed by atoms with Crippen LogP contribution in [0.3, 0.4) is 0 Å². The van der Waals surface area contributed by atoms with Gasteiger partial charge in [0.2, 0.25) is 0 Å². The molecule has 0 N–H and O–H groups in total. The Morgan fingerprint density at radius 1 is 0.833 bits per heavy atom. The van der Waals surface area contributed by atoms with Gasteiger partial charge in [0.1, 0.15) is 5.82 Å². The molecule has 0 radical (unpaired) electrons. The van der Waals surface area contributed by atoms with Crippen LogP contribution in [0.25, 0.3) is 6.08 Å². The molecule has 0 bridgehead atoms. The van der Waals surface area contributed by atoms with Crippen molar-refractivity contribution in [2.24, 2.45) is 0 Å². The van der Waals surface area contributed by atoms with Crippen molar-refractivity contribution in [2.75, 3.05) is 0 Å². The lowest BCUT2D eigenvalue weighted by molar-refractivity contribution is 0.628. The molecule has 2 aromatic carbocycles. The number of benzene rings is 2. The van der Waals surface area contributed by atoms with Crippen LogP contribution in [-0.4, -0.2) is 0 Å². The Morgan fingerprint density at radius 3 is 1.61 bits per heavy atom. The second kappa shape index (κ2) is 11.6. The summed E-state index contributed by atoms with van der Waals surface area (Å²) in [5, 5.41) is 0. The fourth-order valence-corrected chi connectivity index (χ4v) is 1.20. The summed E-state index contributed by atoms with van der Waals surface area (Å²) >= 11 is 5.36. The van der Waals surface area contributed by atoms with Crippen LogP contribution in [0.2, 0.25) is 0 Å². The highest BCUT2D eigenvalue weighted by Crippen LogP contribution is 2.00. The average Bonchev–Trinajstić information content (AvgIpc) is 2.44. The van der Waals surface area contributed by atoms with E-state index < -0.39 is 0 Å². The fraction of sp³-hybridized carbons (Fsp3) is 0. The van der Waals surface area contributed by atoms with Gasteiger partial charge in [0.25, 0.3) is 0 Å². The highest BCUT2D eigenvalue weighted by Gasteiger charge is 1.78. The predicted octanol–water partition coefficient (Wildman–Crippen LogP) is 5.52. The molecule has 0 saturated carbocycles. The molecule has 0 atom stereocenters. The first kappa shape index (κ1) is 16.1. The van der Waals surface area contributed by atoms with Gasteiger partial charge < -0.3 is 0 Å². The quantitative estimate of drug-likeness (QED) is 0.593. The molecule has 0 saturated heterocycles. The molecule has 0 fully saturated rings. The highest BCUT2D eigenvalue weighted by atomic mass is 35.5. The summed E-state index contributed by atoms with van der Waals surface area (Å²) < 4.78 is 11.9. The monoisotopic (exact) mass is 262 g/mol. The molecule has 0 spiro atoms. The van der Waals surface area contributed by atoms with Crippen molar-refractivity contribution < 1.29 is 4.39 Å². The van der Waals surface area contributed by atoms with E-state index in [1.54, 1.807) is 18.2 Å². The second-order valence-corrected chi connectivity index (χ2v) is 3.25. The molecule has 0 aliphatic heterocycles. The van der Waals surface area contributed by atoms with E-state index in [0.717, 1.165) is 5.56 Å². The third kappa shape index (κ3) is 8.31. The summed E-state index contributed by atoms with van der Waals surface area (Å²) in [6, 6.07) is 17.9. The van der Waals surface area contributed by atoms with Gasteiger partial charge in [-0.1, -0.05) is 60.1 Å². The number of hydrogen-bond acceptors (Lipinski definition) is 0. The van der Waals surface area contributed by atoms with E-state index in [1.165, 1.54) is 17.7 Å². The smallest absolute Gasteiger partial charge is 0.123 e. The second-order valence-electron chi connectivity index (χ2n) is 3.00. The fourth-order valence-electron chi connectivity index (χ4n) is 1.05. The molecule has 18 heavy (non-hydrogen) atoms. The molecule has 94 valence electrons. The van der Waals surface area contributed by atoms with Crippen molar-refractivity contribution >= 4 is 17.7 Å². The van der Waals surface area contributed by atoms with Gasteiger partial charge >= 0.3 is 0 Å². The summed E-state index contributed by atoms with van der Waals surface area (Å²) in [6.07, 6.45) is 1.85. The third-order valence-electron chi connectivity index (χ3n) is 1.79. The first-order chi connectivity index (χ1) is 8.83. The molecule has 0 aliphatic rings. The largest absolute Gasteiger partial charge is 0.207 e. The van der Waals surface area contributed by atoms with E-state index in [-0.39, 0.29) is 5.82 Å². The van der Waals surface area contributed by atoms with Crippen molar-refractivity contribution in [3.05, 3.63) is 90.7 Å². The van der Waals surface area contributed by atoms with Crippen LogP contribution in [0.5, 0.6) is 0 Å². The van der Waals surface area contributed by atoms with Crippen molar-refractivity contribution in [1.29, 1.82) is 0 Å². The van der Waals surface area contributed by atoms with Gasteiger partial charge in [0.15, 0.2) is 0 Å². The van der Waals surface area contributed by atoms with Gasteiger partial charge in [-0.15, -0.1) is 13.2 Å². The minimum Gasteiger partial charge on any atom is -0.207 e. The Labute approximate surface area is 113 Å². The minimum atomic E-state index is -0.178. The Bertz CT molecular complexity index is 423. The molecule has 0 aromatic heterocycles. The number of halogens is 2. The van der Waals surface area contributed by atoms with E-state index in [0.29, 0.717) is 0 Å². The van der Waals surface area contributed by atoms with E-state index in [1.807, 2.05) is 36.4 Å². The number of rotatable bonds is 1. The van der Waals surface area contributed by atoms with E-state index in [2.05, 4.69) is 13.2 Å². The van der Waals surface area contributed by atoms with Crippen LogP contribution in [-0.2, 0) is 0 Å². The Hall–Kier alpha value is -1.86. The average molecular weight is 263 g/mol. The van der Waals surface area contributed by atoms with Gasteiger partial charge in [0, 0.05) is 5.54 Å². The summed E-state index contributed by atoms with van der Waals surface area (Å²) in [4.78, 5) is 0. The van der Waals surface area contributed by atoms with Crippen LogP contribution in [0, 0.1) is 5.82 Å². The van der Waals surface area contributed by atoms with Crippen LogP contribution >= 0.6 is 11.6 Å². The molecule has 0 aliphatic carbocycles. The summed E-state index contributed by atoms with van der Waals surface area (Å²) in [5.41, 5.74) is 2.64. The highest BCUT2D eigenvalue weighted by molar-refractivity contribution is 6.27. The van der Waals surface area contributed by atoms with E-state index in [4.69, 9.17) is 11.6 Å². The Balaban J connectivity index is 0.000000289. The molecule has 0 heterocycles. The first-order valence-corrected chi connectivity index (χ1v) is 5.79. The first-order valence-electron chi connectivity index (χ1n) is 5.35. The zero-order valence-electron chi connectivity index (χ0n) is 10.1. The molecule has 2 heteroatoms. The van der Waals surface area contributed by atoms with Crippen LogP contribution in [0.4, 0.5) is 4.39 Å². The molecule has 0 unspecified atom stereocenters. The van der Waals surface area contributed by atoms with E-state index in [9.17, 15) is 4.39 Å². The lowest BCUT2D eigenvalue weighted by Crippen LogP contribution is -1.64. The summed E-state index contributed by atoms with van der Waals surface area (Å²) in [5.74, 6) is -0.178. The van der Waals surface area contributed by atoms with Crippen LogP contribution in [0.15, 0.2) is 79.4 Å². The third-order valence-corrected chi connectivity index (χ3v) is 1.91. The molecular formula is C16H16ClF. The van der Waals surface area contributed by atoms with Gasteiger partial charge in [0.05, 0.1) is 0 Å². The van der Waals surface area contributed by atoms with Gasteiger partial charge in [-0.05, 0) is 23.8 Å². The maximum absolute atomic E-state index is 11.9. The maximum atomic E-state index is 11.9. The lowest BCUT2D eigenvalue weighted by Gasteiger charge is -1.86. The summed E-state index contributed by atoms with van der Waals surface area (Å²) in [7, 11) is 0. The van der Waals surface area contributed by atoms with Gasteiger partial charge in [-0.3, -0.25) is 0 Å². The van der Waals surface area contributed by atoms with Crippen molar-refractivity contribution in [3.8, 4) is 0 Å². The maximum Gasteiger partial charge on any atom is 0.123 e. The molecule has 2 rings (SSSR count). The zero-order valence-corrected chi connectivity index (χ0v) is 10.9. The Morgan fingerprint density at radius 2 is 1.28 bits per heavy atom. The topological polar surface area (TPSA) is 0 Å². The number of hydrogen-bond donors (Lipinski definition) is 0. The SMILES string of the molecule is C=C.ClC=Cc1ccccc1.Fc1ccccc1. The predicted molar refractivity (Wildman–Crippen MR) is 79.0 cm³/mol. The van der Waals surface area contributed by atoms with Crippen molar-refractivity contribution in [1.82, 2.24) is 0 Å².